The Bertz CT molecular complexity index is 1700. The predicted molar refractivity (Wildman–Crippen MR) is 169 cm³/mol. The summed E-state index contributed by atoms with van der Waals surface area (Å²) >= 11 is 0. The molecule has 0 unspecified atom stereocenters. The highest BCUT2D eigenvalue weighted by molar-refractivity contribution is 7.46. The zero-order chi connectivity index (χ0) is 33.4. The molecule has 10 nitrogen and oxygen atoms in total. The van der Waals surface area contributed by atoms with Crippen molar-refractivity contribution in [3.05, 3.63) is 94.6 Å². The van der Waals surface area contributed by atoms with E-state index in [9.17, 15) is 34.2 Å². The Hall–Kier alpha value is -2.79. The van der Waals surface area contributed by atoms with Crippen LogP contribution in [0.5, 0.6) is 0 Å². The van der Waals surface area contributed by atoms with Crippen LogP contribution in [0.2, 0.25) is 0 Å². The van der Waals surface area contributed by atoms with Gasteiger partial charge >= 0.3 is 7.82 Å². The van der Waals surface area contributed by atoms with Gasteiger partial charge in [0.25, 0.3) is 0 Å². The molecule has 5 aliphatic rings. The van der Waals surface area contributed by atoms with Gasteiger partial charge in [-0.25, -0.2) is 4.57 Å². The van der Waals surface area contributed by atoms with Gasteiger partial charge in [-0.05, 0) is 72.8 Å². The second-order valence-electron chi connectivity index (χ2n) is 14.3. The summed E-state index contributed by atoms with van der Waals surface area (Å²) in [5.41, 5.74) is 1.62. The molecule has 7 rings (SSSR count). The predicted octanol–water partition coefficient (Wildman–Crippen LogP) is 4.49. The number of aliphatic hydroxyl groups is 2. The molecule has 0 radical (unpaired) electrons. The highest BCUT2D eigenvalue weighted by atomic mass is 31.2. The Morgan fingerprint density at radius 2 is 1.83 bits per heavy atom. The molecule has 9 atom stereocenters. The van der Waals surface area contributed by atoms with Gasteiger partial charge in [0.1, 0.15) is 6.61 Å². The Balaban J connectivity index is 1.19. The quantitative estimate of drug-likeness (QED) is 0.296. The zero-order valence-electron chi connectivity index (χ0n) is 26.5. The number of fused-ring (bicyclic) bond motifs is 7. The molecule has 4 aliphatic carbocycles. The van der Waals surface area contributed by atoms with Crippen LogP contribution < -0.4 is 0 Å². The average Bonchev–Trinajstić information content (AvgIpc) is 3.53. The standard InChI is InChI=1S/C36H41O10P/c1-34-13-12-26(38)16-25(34)10-11-27-28-17-31-36(30(40)20-44-47(41,42)43,35(28,2)18-29(39)32(27)34)46-33(45-31)24-8-6-21(7-9-24)14-22-4-3-5-23(15-22)19-37/h3-9,12-13,15-16,27-29,31-33,37,39H,10-11,14,17-20H2,1-2H3,(H2,41,42,43)/t27-,28-,29-,31+,32+,33+,34-,35-,36+/m0/s1. The van der Waals surface area contributed by atoms with E-state index in [4.69, 9.17) is 14.0 Å². The number of carbonyl (C=O) groups excluding carboxylic acids is 2. The SMILES string of the molecule is C[C@]12C=CC(=O)C=C1CC[C@@H]1[C@@H]2[C@@H](O)C[C@@]2(C)[C@H]1C[C@H]1O[C@@H](c3ccc(Cc4cccc(CO)c4)cc3)O[C@]12C(=O)COP(=O)(O)O. The van der Waals surface area contributed by atoms with E-state index in [1.807, 2.05) is 61.5 Å². The van der Waals surface area contributed by atoms with Crippen molar-refractivity contribution < 1.29 is 48.2 Å². The van der Waals surface area contributed by atoms with Crippen LogP contribution in [-0.2, 0) is 41.2 Å². The molecule has 1 saturated heterocycles. The third-order valence-corrected chi connectivity index (χ3v) is 12.3. The number of phosphoric ester groups is 1. The minimum Gasteiger partial charge on any atom is -0.393 e. The van der Waals surface area contributed by atoms with Crippen LogP contribution in [0, 0.1) is 28.6 Å². The van der Waals surface area contributed by atoms with Crippen LogP contribution in [-0.4, -0.2) is 56.0 Å². The fourth-order valence-corrected chi connectivity index (χ4v) is 10.1. The van der Waals surface area contributed by atoms with Crippen molar-refractivity contribution in [3.63, 3.8) is 0 Å². The minimum atomic E-state index is -4.96. The topological polar surface area (TPSA) is 160 Å². The molecule has 1 heterocycles. The van der Waals surface area contributed by atoms with Crippen molar-refractivity contribution in [1.82, 2.24) is 0 Å². The molecule has 3 saturated carbocycles. The molecule has 2 aromatic carbocycles. The Morgan fingerprint density at radius 3 is 2.55 bits per heavy atom. The first-order valence-corrected chi connectivity index (χ1v) is 17.8. The first kappa shape index (κ1) is 32.7. The Morgan fingerprint density at radius 1 is 1.09 bits per heavy atom. The molecule has 0 bridgehead atoms. The first-order valence-electron chi connectivity index (χ1n) is 16.2. The zero-order valence-corrected chi connectivity index (χ0v) is 27.3. The largest absolute Gasteiger partial charge is 0.470 e. The van der Waals surface area contributed by atoms with Gasteiger partial charge in [-0.3, -0.25) is 14.1 Å². The van der Waals surface area contributed by atoms with Gasteiger partial charge in [0.05, 0.1) is 18.8 Å². The van der Waals surface area contributed by atoms with Crippen molar-refractivity contribution >= 4 is 19.4 Å². The number of benzene rings is 2. The third-order valence-electron chi connectivity index (χ3n) is 11.8. The monoisotopic (exact) mass is 664 g/mol. The number of allylic oxidation sites excluding steroid dienone is 4. The van der Waals surface area contributed by atoms with E-state index >= 15 is 0 Å². The van der Waals surface area contributed by atoms with Gasteiger partial charge in [0.2, 0.25) is 0 Å². The summed E-state index contributed by atoms with van der Waals surface area (Å²) in [6.07, 6.45) is 5.49. The molecule has 4 fully saturated rings. The molecule has 2 aromatic rings. The van der Waals surface area contributed by atoms with Crippen molar-refractivity contribution in [1.29, 1.82) is 0 Å². The molecule has 0 aromatic heterocycles. The number of phosphoric acid groups is 1. The lowest BCUT2D eigenvalue weighted by Gasteiger charge is -2.59. The lowest BCUT2D eigenvalue weighted by Crippen LogP contribution is -2.63. The summed E-state index contributed by atoms with van der Waals surface area (Å²) in [5.74, 6) is -0.940. The Labute approximate surface area is 273 Å². The fourth-order valence-electron chi connectivity index (χ4n) is 9.83. The summed E-state index contributed by atoms with van der Waals surface area (Å²) in [6.45, 7) is 3.13. The third kappa shape index (κ3) is 5.34. The van der Waals surface area contributed by atoms with Crippen LogP contribution in [0.25, 0.3) is 0 Å². The summed E-state index contributed by atoms with van der Waals surface area (Å²) in [4.78, 5) is 45.4. The maximum absolute atomic E-state index is 14.2. The van der Waals surface area contributed by atoms with Crippen molar-refractivity contribution in [2.24, 2.45) is 28.6 Å². The smallest absolute Gasteiger partial charge is 0.393 e. The minimum absolute atomic E-state index is 0.00371. The van der Waals surface area contributed by atoms with Gasteiger partial charge in [-0.1, -0.05) is 74.0 Å². The number of carbonyl (C=O) groups is 2. The normalized spacial score (nSPS) is 37.5. The maximum atomic E-state index is 14.2. The summed E-state index contributed by atoms with van der Waals surface area (Å²) in [6, 6.07) is 15.4. The Kier molecular flexibility index (Phi) is 8.13. The van der Waals surface area contributed by atoms with E-state index in [-0.39, 0.29) is 36.6 Å². The number of Topliss-reactive ketones (excluding diaryl/α,β-unsaturated/α-hetero) is 1. The van der Waals surface area contributed by atoms with Crippen LogP contribution in [0.4, 0.5) is 0 Å². The molecule has 11 heteroatoms. The lowest BCUT2D eigenvalue weighted by molar-refractivity contribution is -0.200. The average molecular weight is 665 g/mol. The second kappa shape index (κ2) is 11.7. The second-order valence-corrected chi connectivity index (χ2v) is 15.6. The van der Waals surface area contributed by atoms with E-state index in [1.54, 1.807) is 12.2 Å². The summed E-state index contributed by atoms with van der Waals surface area (Å²) in [5, 5.41) is 21.4. The van der Waals surface area contributed by atoms with Gasteiger partial charge in [-0.15, -0.1) is 0 Å². The molecular formula is C36H41O10P. The number of rotatable bonds is 8. The first-order chi connectivity index (χ1) is 22.3. The number of hydrogen-bond donors (Lipinski definition) is 4. The molecule has 47 heavy (non-hydrogen) atoms. The van der Waals surface area contributed by atoms with Crippen molar-refractivity contribution in [2.45, 2.75) is 76.7 Å². The summed E-state index contributed by atoms with van der Waals surface area (Å²) in [7, 11) is -4.96. The van der Waals surface area contributed by atoms with Crippen LogP contribution >= 0.6 is 7.82 Å². The molecule has 1 aliphatic heterocycles. The highest BCUT2D eigenvalue weighted by Gasteiger charge is 2.76. The van der Waals surface area contributed by atoms with Gasteiger partial charge in [0, 0.05) is 22.3 Å². The fraction of sp³-hybridized carbons (Fsp3) is 0.500. The van der Waals surface area contributed by atoms with Crippen LogP contribution in [0.1, 0.15) is 68.1 Å². The van der Waals surface area contributed by atoms with Gasteiger partial charge < -0.3 is 29.5 Å². The number of hydrogen-bond acceptors (Lipinski definition) is 8. The van der Waals surface area contributed by atoms with E-state index in [0.717, 1.165) is 28.7 Å². The molecular weight excluding hydrogens is 623 g/mol. The molecule has 250 valence electrons. The van der Waals surface area contributed by atoms with Crippen molar-refractivity contribution in [3.8, 4) is 0 Å². The number of aliphatic hydroxyl groups excluding tert-OH is 2. The number of ketones is 2. The molecule has 0 amide bonds. The van der Waals surface area contributed by atoms with E-state index in [0.29, 0.717) is 24.8 Å². The highest BCUT2D eigenvalue weighted by Crippen LogP contribution is 2.70. The molecule has 4 N–H and O–H groups in total. The van der Waals surface area contributed by atoms with Gasteiger partial charge in [0.15, 0.2) is 23.5 Å². The molecule has 0 spiro atoms. The van der Waals surface area contributed by atoms with E-state index in [1.165, 1.54) is 0 Å². The number of ether oxygens (including phenoxy) is 2. The van der Waals surface area contributed by atoms with Gasteiger partial charge in [-0.2, -0.15) is 0 Å². The lowest BCUT2D eigenvalue weighted by atomic mass is 9.46. The van der Waals surface area contributed by atoms with Crippen LogP contribution in [0.15, 0.2) is 72.3 Å². The van der Waals surface area contributed by atoms with E-state index in [2.05, 4.69) is 6.92 Å². The maximum Gasteiger partial charge on any atom is 0.470 e. The van der Waals surface area contributed by atoms with Crippen LogP contribution in [0.3, 0.4) is 0 Å². The van der Waals surface area contributed by atoms with E-state index < -0.39 is 55.1 Å². The summed E-state index contributed by atoms with van der Waals surface area (Å²) < 4.78 is 29.7. The van der Waals surface area contributed by atoms with Crippen molar-refractivity contribution in [2.75, 3.05) is 6.61 Å².